The molecule has 0 aromatic heterocycles. The van der Waals surface area contributed by atoms with Crippen LogP contribution >= 0.6 is 0 Å². The van der Waals surface area contributed by atoms with E-state index in [1.165, 1.54) is 0 Å². The molecule has 7 nitrogen and oxygen atoms in total. The molecule has 1 aromatic carbocycles. The molecule has 2 heterocycles. The highest BCUT2D eigenvalue weighted by molar-refractivity contribution is 6.06. The number of amides is 1. The van der Waals surface area contributed by atoms with Crippen molar-refractivity contribution in [3.8, 4) is 11.5 Å². The highest BCUT2D eigenvalue weighted by Crippen LogP contribution is 2.63. The number of ether oxygens (including phenoxy) is 2. The molecule has 32 heavy (non-hydrogen) atoms. The van der Waals surface area contributed by atoms with Gasteiger partial charge in [-0.3, -0.25) is 4.79 Å². The monoisotopic (exact) mass is 436 g/mol. The minimum atomic E-state index is -0.950. The fourth-order valence-electron chi connectivity index (χ4n) is 5.97. The molecule has 0 fully saturated rings. The number of benzene rings is 1. The zero-order chi connectivity index (χ0) is 23.2. The van der Waals surface area contributed by atoms with Crippen LogP contribution in [0.5, 0.6) is 11.5 Å². The highest BCUT2D eigenvalue weighted by Gasteiger charge is 2.63. The maximum atomic E-state index is 12.5. The third-order valence-corrected chi connectivity index (χ3v) is 7.96. The van der Waals surface area contributed by atoms with E-state index in [9.17, 15) is 15.1 Å². The van der Waals surface area contributed by atoms with Crippen LogP contribution in [0.3, 0.4) is 0 Å². The summed E-state index contributed by atoms with van der Waals surface area (Å²) in [5.74, 6) is 0.822. The van der Waals surface area contributed by atoms with Crippen LogP contribution in [0.1, 0.15) is 62.1 Å². The van der Waals surface area contributed by atoms with Crippen molar-refractivity contribution in [2.24, 2.45) is 16.0 Å². The van der Waals surface area contributed by atoms with Crippen molar-refractivity contribution in [3.05, 3.63) is 57.9 Å². The molecule has 1 amide bonds. The second-order valence-corrected chi connectivity index (χ2v) is 9.92. The number of aromatic hydroxyl groups is 1. The molecule has 0 saturated carbocycles. The Morgan fingerprint density at radius 2 is 2.00 bits per heavy atom. The first-order valence-electron chi connectivity index (χ1n) is 10.8. The van der Waals surface area contributed by atoms with Gasteiger partial charge in [-0.15, -0.1) is 0 Å². The Morgan fingerprint density at radius 3 is 2.66 bits per heavy atom. The van der Waals surface area contributed by atoms with Crippen molar-refractivity contribution in [2.75, 3.05) is 7.11 Å². The number of fused-ring (bicyclic) bond motifs is 3. The van der Waals surface area contributed by atoms with E-state index in [1.54, 1.807) is 13.2 Å². The van der Waals surface area contributed by atoms with Crippen molar-refractivity contribution in [1.29, 1.82) is 0 Å². The van der Waals surface area contributed by atoms with Crippen molar-refractivity contribution in [1.82, 2.24) is 5.32 Å². The van der Waals surface area contributed by atoms with Crippen LogP contribution in [0.4, 0.5) is 0 Å². The number of oxime groups is 1. The molecule has 0 radical (unpaired) electrons. The largest absolute Gasteiger partial charge is 0.508 e. The van der Waals surface area contributed by atoms with Gasteiger partial charge in [0, 0.05) is 28.0 Å². The molecule has 4 aliphatic rings. The number of hydrogen-bond acceptors (Lipinski definition) is 6. The lowest BCUT2D eigenvalue weighted by atomic mass is 9.52. The first-order chi connectivity index (χ1) is 15.0. The average Bonchev–Trinajstić information content (AvgIpc) is 3.00. The van der Waals surface area contributed by atoms with Crippen molar-refractivity contribution < 1.29 is 24.6 Å². The van der Waals surface area contributed by atoms with Crippen LogP contribution in [0.15, 0.2) is 46.4 Å². The molecule has 2 aliphatic carbocycles. The first kappa shape index (κ1) is 20.7. The second kappa shape index (κ2) is 6.18. The van der Waals surface area contributed by atoms with Gasteiger partial charge < -0.3 is 25.1 Å². The van der Waals surface area contributed by atoms with Gasteiger partial charge in [-0.25, -0.2) is 0 Å². The van der Waals surface area contributed by atoms with Crippen LogP contribution in [0, 0.1) is 10.8 Å². The Hall–Kier alpha value is -3.22. The van der Waals surface area contributed by atoms with Gasteiger partial charge in [0.1, 0.15) is 23.0 Å². The molecule has 2 aliphatic heterocycles. The summed E-state index contributed by atoms with van der Waals surface area (Å²) in [5, 5.41) is 27.2. The number of phenols is 1. The summed E-state index contributed by atoms with van der Waals surface area (Å²) in [7, 11) is 1.55. The SMILES string of the molecule is COC1=CC23Oc4c(c(O)cc5c4C(C)NC5=O)CC2(C)C(C)=CC=C3C(C)(C)C1=NO. The zero-order valence-electron chi connectivity index (χ0n) is 19.2. The van der Waals surface area contributed by atoms with E-state index in [-0.39, 0.29) is 17.7 Å². The molecule has 1 aromatic rings. The Morgan fingerprint density at radius 1 is 1.28 bits per heavy atom. The molecule has 168 valence electrons. The summed E-state index contributed by atoms with van der Waals surface area (Å²) in [6, 6.07) is 1.31. The molecule has 3 N–H and O–H groups in total. The zero-order valence-corrected chi connectivity index (χ0v) is 19.2. The van der Waals surface area contributed by atoms with Crippen molar-refractivity contribution in [2.45, 2.75) is 52.7 Å². The number of nitrogens with zero attached hydrogens (tertiary/aromatic N) is 1. The van der Waals surface area contributed by atoms with Crippen LogP contribution in [0.25, 0.3) is 0 Å². The average molecular weight is 437 g/mol. The molecule has 7 heteroatoms. The maximum absolute atomic E-state index is 12.5. The Balaban J connectivity index is 1.86. The summed E-state index contributed by atoms with van der Waals surface area (Å²) in [6.07, 6.45) is 6.51. The summed E-state index contributed by atoms with van der Waals surface area (Å²) >= 11 is 0. The van der Waals surface area contributed by atoms with E-state index in [4.69, 9.17) is 9.47 Å². The van der Waals surface area contributed by atoms with E-state index in [0.29, 0.717) is 34.8 Å². The predicted octanol–water partition coefficient (Wildman–Crippen LogP) is 4.16. The number of rotatable bonds is 1. The van der Waals surface area contributed by atoms with Crippen LogP contribution in [-0.2, 0) is 11.2 Å². The Kier molecular flexibility index (Phi) is 3.99. The summed E-state index contributed by atoms with van der Waals surface area (Å²) in [5.41, 5.74) is 2.16. The van der Waals surface area contributed by atoms with Gasteiger partial charge in [0.15, 0.2) is 5.60 Å². The molecule has 3 unspecified atom stereocenters. The number of allylic oxidation sites excluding steroid dienone is 3. The van der Waals surface area contributed by atoms with Gasteiger partial charge >= 0.3 is 0 Å². The number of carbonyl (C=O) groups is 1. The van der Waals surface area contributed by atoms with Crippen LogP contribution < -0.4 is 10.1 Å². The van der Waals surface area contributed by atoms with Gasteiger partial charge in [-0.2, -0.15) is 0 Å². The van der Waals surface area contributed by atoms with Gasteiger partial charge in [-0.1, -0.05) is 43.7 Å². The highest BCUT2D eigenvalue weighted by atomic mass is 16.5. The van der Waals surface area contributed by atoms with Gasteiger partial charge in [-0.05, 0) is 31.9 Å². The quantitative estimate of drug-likeness (QED) is 0.453. The molecule has 3 atom stereocenters. The van der Waals surface area contributed by atoms with E-state index in [0.717, 1.165) is 16.7 Å². The van der Waals surface area contributed by atoms with Gasteiger partial charge in [0.05, 0.1) is 18.7 Å². The molecule has 5 rings (SSSR count). The lowest BCUT2D eigenvalue weighted by molar-refractivity contribution is 0.00473. The van der Waals surface area contributed by atoms with E-state index < -0.39 is 16.4 Å². The lowest BCUT2D eigenvalue weighted by Gasteiger charge is -2.58. The molecule has 0 saturated heterocycles. The van der Waals surface area contributed by atoms with E-state index in [1.807, 2.05) is 32.9 Å². The summed E-state index contributed by atoms with van der Waals surface area (Å²) < 4.78 is 12.6. The number of nitrogens with one attached hydrogen (secondary N) is 1. The summed E-state index contributed by atoms with van der Waals surface area (Å²) in [6.45, 7) is 10.1. The van der Waals surface area contributed by atoms with Crippen LogP contribution in [0.2, 0.25) is 0 Å². The number of carbonyl (C=O) groups excluding carboxylic acids is 1. The standard InChI is InChI=1S/C25H28N2O5/c1-12-7-8-18-23(3,4)21(27-30)17(31-6)11-25(18)24(12,5)10-15-16(28)9-14-19(20(15)32-25)13(2)26-22(14)29/h7-9,11,13,28,30H,10H2,1-6H3,(H,26,29). The lowest BCUT2D eigenvalue weighted by Crippen LogP contribution is -2.62. The first-order valence-corrected chi connectivity index (χ1v) is 10.8. The maximum Gasteiger partial charge on any atom is 0.252 e. The number of hydrogen-bond donors (Lipinski definition) is 3. The Labute approximate surface area is 187 Å². The fourth-order valence-corrected chi connectivity index (χ4v) is 5.97. The number of methoxy groups -OCH3 is 1. The van der Waals surface area contributed by atoms with Crippen molar-refractivity contribution >= 4 is 11.6 Å². The van der Waals surface area contributed by atoms with Crippen LogP contribution in [-0.4, -0.2) is 34.6 Å². The third-order valence-electron chi connectivity index (χ3n) is 7.96. The topological polar surface area (TPSA) is 100 Å². The van der Waals surface area contributed by atoms with E-state index >= 15 is 0 Å². The number of phenolic OH excluding ortho intramolecular Hbond substituents is 1. The fraction of sp³-hybridized carbons (Fsp3) is 0.440. The van der Waals surface area contributed by atoms with Gasteiger partial charge in [0.2, 0.25) is 0 Å². The molecule has 0 bridgehead atoms. The minimum Gasteiger partial charge on any atom is -0.508 e. The smallest absolute Gasteiger partial charge is 0.252 e. The normalized spacial score (nSPS) is 32.9. The Bertz CT molecular complexity index is 1210. The van der Waals surface area contributed by atoms with Gasteiger partial charge in [0.25, 0.3) is 5.91 Å². The molecule has 1 spiro atoms. The summed E-state index contributed by atoms with van der Waals surface area (Å²) in [4.78, 5) is 12.5. The molecular formula is C25H28N2O5. The minimum absolute atomic E-state index is 0.0617. The van der Waals surface area contributed by atoms with Crippen molar-refractivity contribution in [3.63, 3.8) is 0 Å². The van der Waals surface area contributed by atoms with E-state index in [2.05, 4.69) is 30.4 Å². The molecular weight excluding hydrogens is 408 g/mol. The predicted molar refractivity (Wildman–Crippen MR) is 119 cm³/mol. The second-order valence-electron chi connectivity index (χ2n) is 9.92. The third kappa shape index (κ3) is 2.21.